The minimum absolute atomic E-state index is 0.0903. The first-order chi connectivity index (χ1) is 8.54. The Labute approximate surface area is 105 Å². The van der Waals surface area contributed by atoms with Crippen molar-refractivity contribution in [2.45, 2.75) is 13.8 Å². The number of nitro benzene ring substituents is 1. The van der Waals surface area contributed by atoms with Gasteiger partial charge in [-0.25, -0.2) is 0 Å². The average molecular weight is 252 g/mol. The standard InChI is InChI=1S/C11H16N4O3/c1-3-14(4-2)10-6-5-8(15(17)18)7-9(10)11(12)13-16/h5-7,16H,3-4H2,1-2H3,(H2,12,13). The van der Waals surface area contributed by atoms with Gasteiger partial charge in [0.25, 0.3) is 5.69 Å². The quantitative estimate of drug-likeness (QED) is 0.272. The number of nitrogens with zero attached hydrogens (tertiary/aromatic N) is 3. The molecule has 1 rings (SSSR count). The maximum absolute atomic E-state index is 10.7. The van der Waals surface area contributed by atoms with Crippen molar-refractivity contribution >= 4 is 17.2 Å². The van der Waals surface area contributed by atoms with Crippen LogP contribution in [0.15, 0.2) is 23.4 Å². The van der Waals surface area contributed by atoms with Crippen LogP contribution in [-0.2, 0) is 0 Å². The van der Waals surface area contributed by atoms with Gasteiger partial charge >= 0.3 is 0 Å². The van der Waals surface area contributed by atoms with Gasteiger partial charge in [0.15, 0.2) is 5.84 Å². The molecule has 0 aliphatic heterocycles. The molecule has 7 heteroatoms. The maximum Gasteiger partial charge on any atom is 0.270 e. The first kappa shape index (κ1) is 13.8. The highest BCUT2D eigenvalue weighted by Gasteiger charge is 2.16. The number of hydrogen-bond donors (Lipinski definition) is 2. The number of rotatable bonds is 5. The summed E-state index contributed by atoms with van der Waals surface area (Å²) in [6.45, 7) is 5.36. The SMILES string of the molecule is CCN(CC)c1ccc([N+](=O)[O-])cc1C(N)=NO. The van der Waals surface area contributed by atoms with Gasteiger partial charge in [-0.3, -0.25) is 10.1 Å². The van der Waals surface area contributed by atoms with Crippen molar-refractivity contribution in [2.75, 3.05) is 18.0 Å². The van der Waals surface area contributed by atoms with Gasteiger partial charge in [-0.15, -0.1) is 0 Å². The summed E-state index contributed by atoms with van der Waals surface area (Å²) in [5.41, 5.74) is 6.54. The topological polar surface area (TPSA) is 105 Å². The lowest BCUT2D eigenvalue weighted by molar-refractivity contribution is -0.384. The minimum atomic E-state index is -0.514. The first-order valence-corrected chi connectivity index (χ1v) is 5.56. The average Bonchev–Trinajstić information content (AvgIpc) is 2.39. The van der Waals surface area contributed by atoms with Crippen molar-refractivity contribution in [3.63, 3.8) is 0 Å². The Balaban J connectivity index is 3.38. The summed E-state index contributed by atoms with van der Waals surface area (Å²) in [6.07, 6.45) is 0. The molecule has 0 saturated carbocycles. The Morgan fingerprint density at radius 2 is 2.11 bits per heavy atom. The van der Waals surface area contributed by atoms with Gasteiger partial charge in [0.05, 0.1) is 10.5 Å². The first-order valence-electron chi connectivity index (χ1n) is 5.56. The molecule has 0 fully saturated rings. The van der Waals surface area contributed by atoms with Crippen molar-refractivity contribution in [1.82, 2.24) is 0 Å². The Kier molecular flexibility index (Phi) is 4.47. The molecule has 3 N–H and O–H groups in total. The highest BCUT2D eigenvalue weighted by Crippen LogP contribution is 2.25. The number of oxime groups is 1. The highest BCUT2D eigenvalue weighted by molar-refractivity contribution is 6.02. The molecule has 0 aliphatic carbocycles. The molecule has 0 atom stereocenters. The van der Waals surface area contributed by atoms with Crippen LogP contribution in [0.2, 0.25) is 0 Å². The fourth-order valence-electron chi connectivity index (χ4n) is 1.74. The summed E-state index contributed by atoms with van der Waals surface area (Å²) in [5, 5.41) is 22.4. The van der Waals surface area contributed by atoms with Crippen LogP contribution in [0.4, 0.5) is 11.4 Å². The Morgan fingerprint density at radius 1 is 1.50 bits per heavy atom. The van der Waals surface area contributed by atoms with Gasteiger partial charge in [0, 0.05) is 30.9 Å². The number of hydrogen-bond acceptors (Lipinski definition) is 5. The summed E-state index contributed by atoms with van der Waals surface area (Å²) >= 11 is 0. The van der Waals surface area contributed by atoms with Gasteiger partial charge in [0.2, 0.25) is 0 Å². The second kappa shape index (κ2) is 5.85. The maximum atomic E-state index is 10.7. The summed E-state index contributed by atoms with van der Waals surface area (Å²) < 4.78 is 0. The van der Waals surface area contributed by atoms with E-state index in [1.165, 1.54) is 12.1 Å². The van der Waals surface area contributed by atoms with E-state index in [2.05, 4.69) is 5.16 Å². The van der Waals surface area contributed by atoms with E-state index in [0.717, 1.165) is 13.1 Å². The molecular weight excluding hydrogens is 236 g/mol. The lowest BCUT2D eigenvalue weighted by Crippen LogP contribution is -2.26. The zero-order chi connectivity index (χ0) is 13.7. The zero-order valence-electron chi connectivity index (χ0n) is 10.3. The number of amidine groups is 1. The normalized spacial score (nSPS) is 11.3. The third-order valence-corrected chi connectivity index (χ3v) is 2.68. The van der Waals surface area contributed by atoms with Crippen LogP contribution < -0.4 is 10.6 Å². The van der Waals surface area contributed by atoms with E-state index in [1.54, 1.807) is 6.07 Å². The molecule has 0 amide bonds. The molecular formula is C11H16N4O3. The fourth-order valence-corrected chi connectivity index (χ4v) is 1.74. The lowest BCUT2D eigenvalue weighted by Gasteiger charge is -2.23. The van der Waals surface area contributed by atoms with Gasteiger partial charge in [-0.1, -0.05) is 5.16 Å². The van der Waals surface area contributed by atoms with Crippen LogP contribution >= 0.6 is 0 Å². The molecule has 0 spiro atoms. The largest absolute Gasteiger partial charge is 0.409 e. The number of benzene rings is 1. The minimum Gasteiger partial charge on any atom is -0.409 e. The van der Waals surface area contributed by atoms with Crippen molar-refractivity contribution in [3.05, 3.63) is 33.9 Å². The van der Waals surface area contributed by atoms with E-state index >= 15 is 0 Å². The molecule has 0 saturated heterocycles. The van der Waals surface area contributed by atoms with Crippen LogP contribution in [0.25, 0.3) is 0 Å². The van der Waals surface area contributed by atoms with Crippen LogP contribution in [0.5, 0.6) is 0 Å². The molecule has 98 valence electrons. The Hall–Kier alpha value is -2.31. The van der Waals surface area contributed by atoms with Crippen molar-refractivity contribution in [3.8, 4) is 0 Å². The van der Waals surface area contributed by atoms with Gasteiger partial charge in [-0.2, -0.15) is 0 Å². The summed E-state index contributed by atoms with van der Waals surface area (Å²) in [7, 11) is 0. The molecule has 1 aromatic carbocycles. The number of non-ortho nitro benzene ring substituents is 1. The third-order valence-electron chi connectivity index (χ3n) is 2.68. The van der Waals surface area contributed by atoms with Crippen LogP contribution in [0, 0.1) is 10.1 Å². The predicted octanol–water partition coefficient (Wildman–Crippen LogP) is 1.54. The molecule has 0 aliphatic rings. The van der Waals surface area contributed by atoms with E-state index in [9.17, 15) is 10.1 Å². The van der Waals surface area contributed by atoms with Crippen molar-refractivity contribution in [2.24, 2.45) is 10.9 Å². The molecule has 0 bridgehead atoms. The van der Waals surface area contributed by atoms with Crippen molar-refractivity contribution < 1.29 is 10.1 Å². The monoisotopic (exact) mass is 252 g/mol. The van der Waals surface area contributed by atoms with Gasteiger partial charge in [-0.05, 0) is 19.9 Å². The van der Waals surface area contributed by atoms with Crippen molar-refractivity contribution in [1.29, 1.82) is 0 Å². The third kappa shape index (κ3) is 2.68. The van der Waals surface area contributed by atoms with E-state index in [1.807, 2.05) is 18.7 Å². The molecule has 0 heterocycles. The Morgan fingerprint density at radius 3 is 2.56 bits per heavy atom. The molecule has 0 aromatic heterocycles. The second-order valence-corrected chi connectivity index (χ2v) is 3.62. The molecule has 1 aromatic rings. The van der Waals surface area contributed by atoms with Gasteiger partial charge in [0.1, 0.15) is 0 Å². The number of nitrogens with two attached hydrogens (primary N) is 1. The fraction of sp³-hybridized carbons (Fsp3) is 0.364. The van der Waals surface area contributed by atoms with E-state index < -0.39 is 4.92 Å². The van der Waals surface area contributed by atoms with E-state index in [-0.39, 0.29) is 11.5 Å². The highest BCUT2D eigenvalue weighted by atomic mass is 16.6. The summed E-state index contributed by atoms with van der Waals surface area (Å²) in [4.78, 5) is 12.2. The smallest absolute Gasteiger partial charge is 0.270 e. The number of nitro groups is 1. The van der Waals surface area contributed by atoms with Gasteiger partial charge < -0.3 is 15.8 Å². The van der Waals surface area contributed by atoms with Crippen LogP contribution in [0.3, 0.4) is 0 Å². The van der Waals surface area contributed by atoms with E-state index in [4.69, 9.17) is 10.9 Å². The van der Waals surface area contributed by atoms with E-state index in [0.29, 0.717) is 11.3 Å². The lowest BCUT2D eigenvalue weighted by atomic mass is 10.1. The second-order valence-electron chi connectivity index (χ2n) is 3.62. The Bertz CT molecular complexity index is 469. The molecule has 7 nitrogen and oxygen atoms in total. The molecule has 18 heavy (non-hydrogen) atoms. The molecule has 0 unspecified atom stereocenters. The summed E-state index contributed by atoms with van der Waals surface area (Å²) in [6, 6.07) is 4.32. The predicted molar refractivity (Wildman–Crippen MR) is 69.2 cm³/mol. The molecule has 0 radical (unpaired) electrons. The number of anilines is 1. The zero-order valence-corrected chi connectivity index (χ0v) is 10.3. The van der Waals surface area contributed by atoms with Crippen LogP contribution in [0.1, 0.15) is 19.4 Å². The summed E-state index contributed by atoms with van der Waals surface area (Å²) in [5.74, 6) is -0.138. The van der Waals surface area contributed by atoms with Crippen LogP contribution in [-0.4, -0.2) is 29.1 Å².